The van der Waals surface area contributed by atoms with E-state index >= 15 is 0 Å². The number of halogens is 2. The summed E-state index contributed by atoms with van der Waals surface area (Å²) in [5.74, 6) is 1.41. The molecule has 0 aliphatic carbocycles. The van der Waals surface area contributed by atoms with Crippen LogP contribution in [-0.2, 0) is 0 Å². The first-order chi connectivity index (χ1) is 14.5. The molecule has 0 saturated heterocycles. The molecule has 7 heteroatoms. The molecule has 0 aliphatic rings. The average molecular weight is 440 g/mol. The van der Waals surface area contributed by atoms with E-state index in [2.05, 4.69) is 4.99 Å². The molecule has 0 bridgehead atoms. The van der Waals surface area contributed by atoms with Crippen LogP contribution in [0.4, 0.5) is 11.6 Å². The van der Waals surface area contributed by atoms with Crippen LogP contribution in [0.5, 0.6) is 5.75 Å². The Morgan fingerprint density at radius 3 is 2.60 bits per heavy atom. The van der Waals surface area contributed by atoms with E-state index in [0.717, 1.165) is 21.9 Å². The maximum Gasteiger partial charge on any atom is 0.214 e. The molecule has 3 aromatic carbocycles. The van der Waals surface area contributed by atoms with Crippen molar-refractivity contribution in [2.75, 3.05) is 19.1 Å². The van der Waals surface area contributed by atoms with Gasteiger partial charge in [0.2, 0.25) is 11.8 Å². The molecule has 1 heterocycles. The van der Waals surface area contributed by atoms with E-state index in [0.29, 0.717) is 27.4 Å². The number of benzene rings is 3. The summed E-state index contributed by atoms with van der Waals surface area (Å²) in [6, 6.07) is 18.9. The molecule has 0 saturated carbocycles. The quantitative estimate of drug-likeness (QED) is 0.291. The maximum absolute atomic E-state index is 6.44. The summed E-state index contributed by atoms with van der Waals surface area (Å²) in [5, 5.41) is 2.98. The zero-order chi connectivity index (χ0) is 21.3. The van der Waals surface area contributed by atoms with Gasteiger partial charge in [-0.25, -0.2) is 4.90 Å². The van der Waals surface area contributed by atoms with Crippen molar-refractivity contribution in [3.05, 3.63) is 77.0 Å². The van der Waals surface area contributed by atoms with Crippen molar-refractivity contribution in [3.63, 3.8) is 0 Å². The van der Waals surface area contributed by atoms with Gasteiger partial charge in [-0.15, -0.1) is 0 Å². The number of aliphatic imine (C=N–C) groups is 1. The number of nitrogens with two attached hydrogens (primary N) is 1. The largest absolute Gasteiger partial charge is 0.495 e. The number of ether oxygens (including phenoxy) is 1. The minimum Gasteiger partial charge on any atom is -0.495 e. The van der Waals surface area contributed by atoms with E-state index in [1.165, 1.54) is 0 Å². The highest BCUT2D eigenvalue weighted by Crippen LogP contribution is 2.41. The molecule has 0 spiro atoms. The van der Waals surface area contributed by atoms with Crippen LogP contribution in [0.2, 0.25) is 10.0 Å². The second kappa shape index (κ2) is 8.30. The van der Waals surface area contributed by atoms with Crippen molar-refractivity contribution in [2.45, 2.75) is 0 Å². The third kappa shape index (κ3) is 3.58. The van der Waals surface area contributed by atoms with E-state index < -0.39 is 0 Å². The highest BCUT2D eigenvalue weighted by molar-refractivity contribution is 6.36. The number of rotatable bonds is 4. The number of hydrogen-bond donors (Lipinski definition) is 1. The fourth-order valence-corrected chi connectivity index (χ4v) is 3.86. The number of fused-ring (bicyclic) bond motifs is 1. The predicted molar refractivity (Wildman–Crippen MR) is 124 cm³/mol. The minimum atomic E-state index is 0.257. The molecule has 4 rings (SSSR count). The Balaban J connectivity index is 1.94. The van der Waals surface area contributed by atoms with E-state index in [1.807, 2.05) is 48.5 Å². The number of guanidine groups is 1. The van der Waals surface area contributed by atoms with Gasteiger partial charge in [0.05, 0.1) is 12.8 Å². The van der Waals surface area contributed by atoms with Crippen LogP contribution in [0.25, 0.3) is 21.9 Å². The molecule has 0 amide bonds. The summed E-state index contributed by atoms with van der Waals surface area (Å²) >= 11 is 12.5. The number of anilines is 2. The minimum absolute atomic E-state index is 0.257. The molecule has 0 aliphatic heterocycles. The van der Waals surface area contributed by atoms with Gasteiger partial charge in [-0.05, 0) is 35.9 Å². The summed E-state index contributed by atoms with van der Waals surface area (Å²) < 4.78 is 11.5. The Labute approximate surface area is 184 Å². The zero-order valence-corrected chi connectivity index (χ0v) is 17.9. The normalized spacial score (nSPS) is 11.7. The monoisotopic (exact) mass is 439 g/mol. The zero-order valence-electron chi connectivity index (χ0n) is 16.4. The van der Waals surface area contributed by atoms with Crippen LogP contribution in [-0.4, -0.2) is 20.1 Å². The Morgan fingerprint density at radius 2 is 1.87 bits per heavy atom. The highest BCUT2D eigenvalue weighted by Gasteiger charge is 2.24. The smallest absolute Gasteiger partial charge is 0.214 e. The molecular weight excluding hydrogens is 421 g/mol. The van der Waals surface area contributed by atoms with Gasteiger partial charge >= 0.3 is 0 Å². The molecule has 30 heavy (non-hydrogen) atoms. The highest BCUT2D eigenvalue weighted by atomic mass is 35.5. The first-order valence-electron chi connectivity index (χ1n) is 9.15. The van der Waals surface area contributed by atoms with Gasteiger partial charge in [0.15, 0.2) is 0 Å². The summed E-state index contributed by atoms with van der Waals surface area (Å²) in [6.07, 6.45) is 1.69. The van der Waals surface area contributed by atoms with Gasteiger partial charge in [0.1, 0.15) is 12.0 Å². The fourth-order valence-electron chi connectivity index (χ4n) is 3.34. The van der Waals surface area contributed by atoms with Crippen LogP contribution in [0.3, 0.4) is 0 Å². The Hall–Kier alpha value is -3.15. The third-order valence-corrected chi connectivity index (χ3v) is 5.36. The molecule has 152 valence electrons. The number of methoxy groups -OCH3 is 1. The molecule has 0 unspecified atom stereocenters. The summed E-state index contributed by atoms with van der Waals surface area (Å²) in [4.78, 5) is 5.93. The van der Waals surface area contributed by atoms with Gasteiger partial charge in [0.25, 0.3) is 0 Å². The molecule has 2 N–H and O–H groups in total. The molecule has 0 atom stereocenters. The van der Waals surface area contributed by atoms with Crippen LogP contribution in [0.1, 0.15) is 0 Å². The van der Waals surface area contributed by atoms with Gasteiger partial charge in [-0.2, -0.15) is 0 Å². The fraction of sp³-hybridized carbons (Fsp3) is 0.0870. The Kier molecular flexibility index (Phi) is 5.57. The lowest BCUT2D eigenvalue weighted by Gasteiger charge is -2.24. The second-order valence-corrected chi connectivity index (χ2v) is 7.40. The standard InChI is InChI=1S/C23H19Cl2N3O2/c1-27-23(26)28(22-18-6-4-3-5-15(18)13-30-22)20-11-14(7-10-21(20)29-2)17-9-8-16(24)12-19(17)25/h3-13H,1-2H3,(H2,26,27). The van der Waals surface area contributed by atoms with E-state index in [-0.39, 0.29) is 5.96 Å². The van der Waals surface area contributed by atoms with Gasteiger partial charge in [0, 0.05) is 33.4 Å². The van der Waals surface area contributed by atoms with Gasteiger partial charge in [-0.1, -0.05) is 53.5 Å². The first-order valence-corrected chi connectivity index (χ1v) is 9.91. The summed E-state index contributed by atoms with van der Waals surface area (Å²) in [5.41, 5.74) is 8.69. The second-order valence-electron chi connectivity index (χ2n) is 6.56. The first kappa shape index (κ1) is 20.1. The Bertz CT molecular complexity index is 1250. The van der Waals surface area contributed by atoms with Crippen molar-refractivity contribution in [2.24, 2.45) is 10.7 Å². The molecular formula is C23H19Cl2N3O2. The predicted octanol–water partition coefficient (Wildman–Crippen LogP) is 6.50. The molecule has 5 nitrogen and oxygen atoms in total. The number of nitrogens with zero attached hydrogens (tertiary/aromatic N) is 2. The summed E-state index contributed by atoms with van der Waals surface area (Å²) in [6.45, 7) is 0. The van der Waals surface area contributed by atoms with Crippen molar-refractivity contribution < 1.29 is 9.15 Å². The molecule has 4 aromatic rings. The third-order valence-electron chi connectivity index (χ3n) is 4.81. The van der Waals surface area contributed by atoms with E-state index in [4.69, 9.17) is 38.1 Å². The molecule has 0 radical (unpaired) electrons. The topological polar surface area (TPSA) is 64.0 Å². The number of hydrogen-bond acceptors (Lipinski definition) is 3. The lowest BCUT2D eigenvalue weighted by molar-refractivity contribution is 0.415. The van der Waals surface area contributed by atoms with Crippen molar-refractivity contribution in [1.29, 1.82) is 0 Å². The maximum atomic E-state index is 6.44. The van der Waals surface area contributed by atoms with Crippen LogP contribution in [0, 0.1) is 0 Å². The van der Waals surface area contributed by atoms with E-state index in [1.54, 1.807) is 37.5 Å². The van der Waals surface area contributed by atoms with Crippen LogP contribution >= 0.6 is 23.2 Å². The van der Waals surface area contributed by atoms with Crippen LogP contribution in [0.15, 0.2) is 76.3 Å². The van der Waals surface area contributed by atoms with Crippen molar-refractivity contribution in [3.8, 4) is 16.9 Å². The van der Waals surface area contributed by atoms with Gasteiger partial charge < -0.3 is 14.9 Å². The number of furan rings is 1. The summed E-state index contributed by atoms with van der Waals surface area (Å²) in [7, 11) is 3.23. The van der Waals surface area contributed by atoms with Crippen molar-refractivity contribution in [1.82, 2.24) is 0 Å². The lowest BCUT2D eigenvalue weighted by Crippen LogP contribution is -2.33. The molecule has 1 aromatic heterocycles. The Morgan fingerprint density at radius 1 is 1.07 bits per heavy atom. The van der Waals surface area contributed by atoms with Crippen LogP contribution < -0.4 is 15.4 Å². The molecule has 0 fully saturated rings. The van der Waals surface area contributed by atoms with Crippen molar-refractivity contribution >= 4 is 51.5 Å². The lowest BCUT2D eigenvalue weighted by atomic mass is 10.0. The van der Waals surface area contributed by atoms with E-state index in [9.17, 15) is 0 Å². The SMILES string of the molecule is CN=C(N)N(c1cc(-c2ccc(Cl)cc2Cl)ccc1OC)c1occ2ccccc12. The average Bonchev–Trinajstić information content (AvgIpc) is 3.17. The van der Waals surface area contributed by atoms with Gasteiger partial charge in [-0.3, -0.25) is 4.99 Å².